The number of amides is 1. The van der Waals surface area contributed by atoms with E-state index in [-0.39, 0.29) is 11.8 Å². The minimum atomic E-state index is 0.134. The number of hydrogen-bond acceptors (Lipinski definition) is 2. The maximum absolute atomic E-state index is 12.3. The number of rotatable bonds is 6. The van der Waals surface area contributed by atoms with E-state index in [0.717, 1.165) is 39.0 Å². The molecule has 1 amide bonds. The zero-order valence-corrected chi connectivity index (χ0v) is 13.4. The first-order chi connectivity index (χ1) is 11.3. The molecular weight excluding hydrogens is 284 g/mol. The standard InChI is InChI=1S/C20H24N2O/c23-20(21-13-11-17-7-3-1-4-8-17)19-12-14-22(16-19)15-18-9-5-2-6-10-18/h1-10,19H,11-16H2,(H,21,23). The highest BCUT2D eigenvalue weighted by atomic mass is 16.1. The van der Waals surface area contributed by atoms with Crippen molar-refractivity contribution >= 4 is 5.91 Å². The Hall–Kier alpha value is -2.13. The molecule has 3 rings (SSSR count). The van der Waals surface area contributed by atoms with Gasteiger partial charge in [-0.2, -0.15) is 0 Å². The summed E-state index contributed by atoms with van der Waals surface area (Å²) in [6, 6.07) is 20.8. The van der Waals surface area contributed by atoms with Crippen LogP contribution in [-0.2, 0) is 17.8 Å². The van der Waals surface area contributed by atoms with Crippen molar-refractivity contribution in [1.29, 1.82) is 0 Å². The van der Waals surface area contributed by atoms with Gasteiger partial charge in [-0.3, -0.25) is 9.69 Å². The van der Waals surface area contributed by atoms with Crippen LogP contribution in [0.2, 0.25) is 0 Å². The molecule has 3 heteroatoms. The number of benzene rings is 2. The van der Waals surface area contributed by atoms with Crippen molar-refractivity contribution in [3.05, 3.63) is 71.8 Å². The van der Waals surface area contributed by atoms with Gasteiger partial charge in [0, 0.05) is 19.6 Å². The lowest BCUT2D eigenvalue weighted by atomic mass is 10.1. The first-order valence-electron chi connectivity index (χ1n) is 8.39. The SMILES string of the molecule is O=C(NCCc1ccccc1)C1CCN(Cc2ccccc2)C1. The summed E-state index contributed by atoms with van der Waals surface area (Å²) in [4.78, 5) is 14.7. The number of carbonyl (C=O) groups excluding carboxylic acids is 1. The van der Waals surface area contributed by atoms with Gasteiger partial charge in [-0.15, -0.1) is 0 Å². The largest absolute Gasteiger partial charge is 0.355 e. The Kier molecular flexibility index (Phi) is 5.43. The van der Waals surface area contributed by atoms with Gasteiger partial charge in [0.2, 0.25) is 5.91 Å². The molecule has 0 aliphatic carbocycles. The smallest absolute Gasteiger partial charge is 0.224 e. The Morgan fingerprint density at radius 3 is 2.35 bits per heavy atom. The lowest BCUT2D eigenvalue weighted by Crippen LogP contribution is -2.33. The van der Waals surface area contributed by atoms with Gasteiger partial charge in [-0.25, -0.2) is 0 Å². The molecule has 3 nitrogen and oxygen atoms in total. The van der Waals surface area contributed by atoms with Crippen LogP contribution in [0, 0.1) is 5.92 Å². The first kappa shape index (κ1) is 15.8. The molecule has 1 unspecified atom stereocenters. The fraction of sp³-hybridized carbons (Fsp3) is 0.350. The van der Waals surface area contributed by atoms with E-state index in [0.29, 0.717) is 0 Å². The molecule has 1 aliphatic rings. The molecule has 2 aromatic rings. The highest BCUT2D eigenvalue weighted by molar-refractivity contribution is 5.79. The normalized spacial score (nSPS) is 18.0. The predicted molar refractivity (Wildman–Crippen MR) is 93.0 cm³/mol. The number of nitrogens with one attached hydrogen (secondary N) is 1. The lowest BCUT2D eigenvalue weighted by molar-refractivity contribution is -0.124. The molecule has 0 saturated carbocycles. The van der Waals surface area contributed by atoms with Crippen molar-refractivity contribution in [2.24, 2.45) is 5.92 Å². The van der Waals surface area contributed by atoms with Crippen LogP contribution >= 0.6 is 0 Å². The van der Waals surface area contributed by atoms with Crippen molar-refractivity contribution in [3.8, 4) is 0 Å². The molecule has 0 radical (unpaired) electrons. The molecule has 23 heavy (non-hydrogen) atoms. The van der Waals surface area contributed by atoms with Crippen LogP contribution in [0.1, 0.15) is 17.5 Å². The van der Waals surface area contributed by atoms with Gasteiger partial charge in [0.1, 0.15) is 0 Å². The summed E-state index contributed by atoms with van der Waals surface area (Å²) in [7, 11) is 0. The van der Waals surface area contributed by atoms with E-state index in [4.69, 9.17) is 0 Å². The molecule has 1 atom stereocenters. The highest BCUT2D eigenvalue weighted by Crippen LogP contribution is 2.18. The van der Waals surface area contributed by atoms with Gasteiger partial charge >= 0.3 is 0 Å². The maximum Gasteiger partial charge on any atom is 0.224 e. The minimum Gasteiger partial charge on any atom is -0.355 e. The van der Waals surface area contributed by atoms with E-state index < -0.39 is 0 Å². The maximum atomic E-state index is 12.3. The molecule has 1 saturated heterocycles. The van der Waals surface area contributed by atoms with E-state index in [1.54, 1.807) is 0 Å². The fourth-order valence-electron chi connectivity index (χ4n) is 3.15. The van der Waals surface area contributed by atoms with Gasteiger partial charge in [0.05, 0.1) is 5.92 Å². The third kappa shape index (κ3) is 4.67. The van der Waals surface area contributed by atoms with Crippen LogP contribution < -0.4 is 5.32 Å². The van der Waals surface area contributed by atoms with Crippen LogP contribution in [0.25, 0.3) is 0 Å². The van der Waals surface area contributed by atoms with Crippen molar-refractivity contribution in [3.63, 3.8) is 0 Å². The molecule has 2 aromatic carbocycles. The molecule has 0 bridgehead atoms. The van der Waals surface area contributed by atoms with Crippen molar-refractivity contribution in [2.75, 3.05) is 19.6 Å². The molecule has 1 N–H and O–H groups in total. The highest BCUT2D eigenvalue weighted by Gasteiger charge is 2.27. The van der Waals surface area contributed by atoms with Gasteiger partial charge in [0.25, 0.3) is 0 Å². The average Bonchev–Trinajstić information content (AvgIpc) is 3.05. The summed E-state index contributed by atoms with van der Waals surface area (Å²) >= 11 is 0. The minimum absolute atomic E-state index is 0.134. The molecule has 1 heterocycles. The summed E-state index contributed by atoms with van der Waals surface area (Å²) in [5, 5.41) is 3.09. The predicted octanol–water partition coefficient (Wildman–Crippen LogP) is 2.87. The van der Waals surface area contributed by atoms with Crippen LogP contribution in [0.3, 0.4) is 0 Å². The van der Waals surface area contributed by atoms with Gasteiger partial charge < -0.3 is 5.32 Å². The topological polar surface area (TPSA) is 32.3 Å². The lowest BCUT2D eigenvalue weighted by Gasteiger charge is -2.16. The Balaban J connectivity index is 1.41. The van der Waals surface area contributed by atoms with Gasteiger partial charge in [0.15, 0.2) is 0 Å². The molecule has 1 fully saturated rings. The monoisotopic (exact) mass is 308 g/mol. The van der Waals surface area contributed by atoms with Crippen LogP contribution in [0.4, 0.5) is 0 Å². The van der Waals surface area contributed by atoms with Crippen molar-refractivity contribution < 1.29 is 4.79 Å². The zero-order valence-electron chi connectivity index (χ0n) is 13.4. The average molecular weight is 308 g/mol. The van der Waals surface area contributed by atoms with E-state index in [9.17, 15) is 4.79 Å². The van der Waals surface area contributed by atoms with E-state index >= 15 is 0 Å². The van der Waals surface area contributed by atoms with Crippen molar-refractivity contribution in [2.45, 2.75) is 19.4 Å². The molecule has 1 aliphatic heterocycles. The number of carbonyl (C=O) groups is 1. The van der Waals surface area contributed by atoms with E-state index in [1.807, 2.05) is 24.3 Å². The molecule has 120 valence electrons. The summed E-state index contributed by atoms with van der Waals surface area (Å²) in [6.45, 7) is 3.53. The Morgan fingerprint density at radius 2 is 1.65 bits per heavy atom. The summed E-state index contributed by atoms with van der Waals surface area (Å²) in [5.41, 5.74) is 2.59. The molecule has 0 aromatic heterocycles. The molecular formula is C20H24N2O. The second-order valence-corrected chi connectivity index (χ2v) is 6.23. The summed E-state index contributed by atoms with van der Waals surface area (Å²) in [6.07, 6.45) is 1.86. The number of hydrogen-bond donors (Lipinski definition) is 1. The van der Waals surface area contributed by atoms with Gasteiger partial charge in [-0.1, -0.05) is 60.7 Å². The second kappa shape index (κ2) is 7.93. The Bertz CT molecular complexity index is 612. The third-order valence-electron chi connectivity index (χ3n) is 4.45. The fourth-order valence-corrected chi connectivity index (χ4v) is 3.15. The summed E-state index contributed by atoms with van der Waals surface area (Å²) < 4.78 is 0. The summed E-state index contributed by atoms with van der Waals surface area (Å²) in [5.74, 6) is 0.339. The van der Waals surface area contributed by atoms with Crippen LogP contribution in [-0.4, -0.2) is 30.4 Å². The quantitative estimate of drug-likeness (QED) is 0.890. The Morgan fingerprint density at radius 1 is 1.00 bits per heavy atom. The molecule has 0 spiro atoms. The van der Waals surface area contributed by atoms with E-state index in [1.165, 1.54) is 11.1 Å². The first-order valence-corrected chi connectivity index (χ1v) is 8.39. The Labute approximate surface area is 138 Å². The zero-order chi connectivity index (χ0) is 15.9. The number of nitrogens with zero attached hydrogens (tertiary/aromatic N) is 1. The van der Waals surface area contributed by atoms with Crippen LogP contribution in [0.5, 0.6) is 0 Å². The van der Waals surface area contributed by atoms with Crippen LogP contribution in [0.15, 0.2) is 60.7 Å². The second-order valence-electron chi connectivity index (χ2n) is 6.23. The number of likely N-dealkylation sites (tertiary alicyclic amines) is 1. The van der Waals surface area contributed by atoms with E-state index in [2.05, 4.69) is 46.6 Å². The van der Waals surface area contributed by atoms with Gasteiger partial charge in [-0.05, 0) is 30.5 Å². The third-order valence-corrected chi connectivity index (χ3v) is 4.45. The van der Waals surface area contributed by atoms with Crippen molar-refractivity contribution in [1.82, 2.24) is 10.2 Å².